The fourth-order valence-corrected chi connectivity index (χ4v) is 1.96. The number of nitrogens with zero attached hydrogens (tertiary/aromatic N) is 3. The van der Waals surface area contributed by atoms with E-state index in [0.29, 0.717) is 18.0 Å². The number of esters is 1. The molecule has 0 N–H and O–H groups in total. The average molecular weight is 271 g/mol. The smallest absolute Gasteiger partial charge is 0.358 e. The van der Waals surface area contributed by atoms with E-state index in [-0.39, 0.29) is 5.69 Å². The van der Waals surface area contributed by atoms with Crippen LogP contribution in [0, 0.1) is 6.92 Å². The third-order valence-electron chi connectivity index (χ3n) is 2.84. The zero-order chi connectivity index (χ0) is 14.1. The van der Waals surface area contributed by atoms with Crippen LogP contribution in [0.25, 0.3) is 17.1 Å². The van der Waals surface area contributed by atoms with Gasteiger partial charge < -0.3 is 9.15 Å². The SMILES string of the molecule is CCOC(=O)c1cc2nccc(-c3ccc(C)o3)n2n1. The highest BCUT2D eigenvalue weighted by Gasteiger charge is 2.15. The molecule has 0 atom stereocenters. The summed E-state index contributed by atoms with van der Waals surface area (Å²) in [7, 11) is 0. The highest BCUT2D eigenvalue weighted by atomic mass is 16.5. The summed E-state index contributed by atoms with van der Waals surface area (Å²) in [5.41, 5.74) is 1.54. The molecule has 0 unspecified atom stereocenters. The third-order valence-corrected chi connectivity index (χ3v) is 2.84. The molecule has 3 heterocycles. The lowest BCUT2D eigenvalue weighted by molar-refractivity contribution is 0.0519. The molecule has 20 heavy (non-hydrogen) atoms. The Labute approximate surface area is 115 Å². The molecule has 6 nitrogen and oxygen atoms in total. The molecule has 0 bridgehead atoms. The minimum atomic E-state index is -0.459. The second-order valence-corrected chi connectivity index (χ2v) is 4.26. The second-order valence-electron chi connectivity index (χ2n) is 4.26. The maximum atomic E-state index is 11.7. The monoisotopic (exact) mass is 271 g/mol. The molecule has 0 saturated carbocycles. The van der Waals surface area contributed by atoms with Crippen LogP contribution in [0.1, 0.15) is 23.2 Å². The highest BCUT2D eigenvalue weighted by Crippen LogP contribution is 2.22. The molecule has 102 valence electrons. The van der Waals surface area contributed by atoms with Crippen LogP contribution in [-0.2, 0) is 4.74 Å². The number of rotatable bonds is 3. The first-order valence-electron chi connectivity index (χ1n) is 6.27. The predicted molar refractivity (Wildman–Crippen MR) is 71.4 cm³/mol. The van der Waals surface area contributed by atoms with Crippen molar-refractivity contribution in [3.8, 4) is 11.5 Å². The number of carbonyl (C=O) groups excluding carboxylic acids is 1. The molecule has 0 aliphatic rings. The van der Waals surface area contributed by atoms with Crippen LogP contribution in [0.3, 0.4) is 0 Å². The maximum absolute atomic E-state index is 11.7. The molecule has 3 rings (SSSR count). The van der Waals surface area contributed by atoms with E-state index in [2.05, 4.69) is 10.1 Å². The number of carbonyl (C=O) groups is 1. The van der Waals surface area contributed by atoms with Gasteiger partial charge in [-0.1, -0.05) is 0 Å². The number of aromatic nitrogens is 3. The molecule has 0 fully saturated rings. The van der Waals surface area contributed by atoms with Gasteiger partial charge in [-0.3, -0.25) is 0 Å². The molecule has 3 aromatic rings. The number of ether oxygens (including phenoxy) is 1. The van der Waals surface area contributed by atoms with Crippen LogP contribution < -0.4 is 0 Å². The fraction of sp³-hybridized carbons (Fsp3) is 0.214. The van der Waals surface area contributed by atoms with E-state index in [0.717, 1.165) is 11.5 Å². The molecule has 0 aromatic carbocycles. The summed E-state index contributed by atoms with van der Waals surface area (Å²) >= 11 is 0. The zero-order valence-corrected chi connectivity index (χ0v) is 11.2. The summed E-state index contributed by atoms with van der Waals surface area (Å²) in [4.78, 5) is 15.9. The number of hydrogen-bond donors (Lipinski definition) is 0. The zero-order valence-electron chi connectivity index (χ0n) is 11.2. The van der Waals surface area contributed by atoms with Crippen molar-refractivity contribution in [1.29, 1.82) is 0 Å². The van der Waals surface area contributed by atoms with Crippen LogP contribution >= 0.6 is 0 Å². The second kappa shape index (κ2) is 4.80. The van der Waals surface area contributed by atoms with Gasteiger partial charge >= 0.3 is 5.97 Å². The number of fused-ring (bicyclic) bond motifs is 1. The van der Waals surface area contributed by atoms with Crippen molar-refractivity contribution < 1.29 is 13.9 Å². The van der Waals surface area contributed by atoms with Crippen molar-refractivity contribution in [2.45, 2.75) is 13.8 Å². The van der Waals surface area contributed by atoms with E-state index >= 15 is 0 Å². The average Bonchev–Trinajstić information content (AvgIpc) is 3.04. The van der Waals surface area contributed by atoms with E-state index in [1.807, 2.05) is 19.1 Å². The number of furan rings is 1. The molecule has 3 aromatic heterocycles. The molecule has 0 aliphatic heterocycles. The van der Waals surface area contributed by atoms with Gasteiger partial charge in [-0.05, 0) is 32.0 Å². The summed E-state index contributed by atoms with van der Waals surface area (Å²) in [6.07, 6.45) is 1.65. The first-order valence-corrected chi connectivity index (χ1v) is 6.27. The van der Waals surface area contributed by atoms with Gasteiger partial charge in [0.15, 0.2) is 17.1 Å². The Morgan fingerprint density at radius 1 is 1.40 bits per heavy atom. The lowest BCUT2D eigenvalue weighted by Gasteiger charge is -2.00. The van der Waals surface area contributed by atoms with Gasteiger partial charge in [-0.15, -0.1) is 0 Å². The van der Waals surface area contributed by atoms with Gasteiger partial charge in [0.2, 0.25) is 0 Å². The van der Waals surface area contributed by atoms with Crippen LogP contribution in [-0.4, -0.2) is 27.2 Å². The Bertz CT molecular complexity index is 773. The van der Waals surface area contributed by atoms with Gasteiger partial charge in [-0.25, -0.2) is 14.3 Å². The van der Waals surface area contributed by atoms with Crippen molar-refractivity contribution in [3.63, 3.8) is 0 Å². The Morgan fingerprint density at radius 2 is 2.25 bits per heavy atom. The number of aryl methyl sites for hydroxylation is 1. The van der Waals surface area contributed by atoms with Crippen LogP contribution in [0.2, 0.25) is 0 Å². The molecular formula is C14H13N3O3. The molecule has 0 amide bonds. The molecule has 0 aliphatic carbocycles. The summed E-state index contributed by atoms with van der Waals surface area (Å²) in [6.45, 7) is 3.93. The van der Waals surface area contributed by atoms with E-state index in [9.17, 15) is 4.79 Å². The van der Waals surface area contributed by atoms with E-state index in [4.69, 9.17) is 9.15 Å². The standard InChI is InChI=1S/C14H13N3O3/c1-3-19-14(18)10-8-13-15-7-6-11(17(13)16-10)12-5-4-9(2)20-12/h4-8H,3H2,1-2H3. The molecule has 0 spiro atoms. The maximum Gasteiger partial charge on any atom is 0.358 e. The summed E-state index contributed by atoms with van der Waals surface area (Å²) in [5.74, 6) is 1.02. The van der Waals surface area contributed by atoms with Gasteiger partial charge in [0.05, 0.1) is 6.61 Å². The molecule has 6 heteroatoms. The first kappa shape index (κ1) is 12.4. The first-order chi connectivity index (χ1) is 9.69. The quantitative estimate of drug-likeness (QED) is 0.684. The molecule has 0 saturated heterocycles. The summed E-state index contributed by atoms with van der Waals surface area (Å²) < 4.78 is 12.1. The minimum Gasteiger partial charge on any atom is -0.461 e. The topological polar surface area (TPSA) is 69.6 Å². The van der Waals surface area contributed by atoms with Crippen molar-refractivity contribution >= 4 is 11.6 Å². The highest BCUT2D eigenvalue weighted by molar-refractivity contribution is 5.88. The van der Waals surface area contributed by atoms with Crippen LogP contribution in [0.15, 0.2) is 34.9 Å². The van der Waals surface area contributed by atoms with Crippen LogP contribution in [0.4, 0.5) is 0 Å². The number of hydrogen-bond acceptors (Lipinski definition) is 5. The Hall–Kier alpha value is -2.63. The Balaban J connectivity index is 2.12. The normalized spacial score (nSPS) is 10.9. The van der Waals surface area contributed by atoms with Gasteiger partial charge in [0.25, 0.3) is 0 Å². The van der Waals surface area contributed by atoms with E-state index in [1.54, 1.807) is 29.8 Å². The van der Waals surface area contributed by atoms with Crippen molar-refractivity contribution in [2.75, 3.05) is 6.61 Å². The Morgan fingerprint density at radius 3 is 2.95 bits per heavy atom. The van der Waals surface area contributed by atoms with Crippen molar-refractivity contribution in [3.05, 3.63) is 41.9 Å². The third kappa shape index (κ3) is 2.05. The molecule has 0 radical (unpaired) electrons. The van der Waals surface area contributed by atoms with Crippen molar-refractivity contribution in [1.82, 2.24) is 14.6 Å². The fourth-order valence-electron chi connectivity index (χ4n) is 1.96. The van der Waals surface area contributed by atoms with Crippen LogP contribution in [0.5, 0.6) is 0 Å². The largest absolute Gasteiger partial charge is 0.461 e. The minimum absolute atomic E-state index is 0.232. The van der Waals surface area contributed by atoms with Crippen molar-refractivity contribution in [2.24, 2.45) is 0 Å². The van der Waals surface area contributed by atoms with Gasteiger partial charge in [0, 0.05) is 12.3 Å². The lowest BCUT2D eigenvalue weighted by atomic mass is 10.3. The Kier molecular flexibility index (Phi) is 2.98. The summed E-state index contributed by atoms with van der Waals surface area (Å²) in [6, 6.07) is 7.11. The summed E-state index contributed by atoms with van der Waals surface area (Å²) in [5, 5.41) is 4.24. The molecular weight excluding hydrogens is 258 g/mol. The lowest BCUT2D eigenvalue weighted by Crippen LogP contribution is -2.05. The van der Waals surface area contributed by atoms with Gasteiger partial charge in [0.1, 0.15) is 11.5 Å². The van der Waals surface area contributed by atoms with Gasteiger partial charge in [-0.2, -0.15) is 5.10 Å². The van der Waals surface area contributed by atoms with E-state index < -0.39 is 5.97 Å². The van der Waals surface area contributed by atoms with E-state index in [1.165, 1.54) is 0 Å². The predicted octanol–water partition coefficient (Wildman–Crippen LogP) is 2.47.